The van der Waals surface area contributed by atoms with Crippen LogP contribution in [0.4, 0.5) is 20.3 Å². The van der Waals surface area contributed by atoms with Crippen LogP contribution in [0.5, 0.6) is 11.8 Å². The van der Waals surface area contributed by atoms with Crippen LogP contribution in [0.25, 0.3) is 28.0 Å². The van der Waals surface area contributed by atoms with Gasteiger partial charge in [0, 0.05) is 46.0 Å². The fourth-order valence-corrected chi connectivity index (χ4v) is 4.03. The zero-order chi connectivity index (χ0) is 24.9. The van der Waals surface area contributed by atoms with Crippen molar-refractivity contribution in [1.82, 2.24) is 24.5 Å². The summed E-state index contributed by atoms with van der Waals surface area (Å²) in [4.78, 5) is 16.6. The highest BCUT2D eigenvalue weighted by Crippen LogP contribution is 2.39. The van der Waals surface area contributed by atoms with E-state index in [4.69, 9.17) is 16.2 Å². The lowest BCUT2D eigenvalue weighted by Crippen LogP contribution is -2.04. The predicted molar refractivity (Wildman–Crippen MR) is 129 cm³/mol. The van der Waals surface area contributed by atoms with E-state index in [-0.39, 0.29) is 23.1 Å². The maximum absolute atomic E-state index is 15.4. The SMILES string of the molecule is Cc1ccnc(Oc2ccc(-n3c(-c4ccc(N)c(C)c4F)c(C)c4ncnc(N)c43)cc2F)n1. The normalized spacial score (nSPS) is 11.2. The molecule has 3 aromatic heterocycles. The molecule has 0 radical (unpaired) electrons. The number of anilines is 2. The molecule has 0 saturated heterocycles. The van der Waals surface area contributed by atoms with E-state index in [1.54, 1.807) is 49.6 Å². The molecular weight excluding hydrogens is 452 g/mol. The van der Waals surface area contributed by atoms with E-state index in [0.29, 0.717) is 44.9 Å². The third kappa shape index (κ3) is 3.68. The Morgan fingerprint density at radius 1 is 0.914 bits per heavy atom. The smallest absolute Gasteiger partial charge is 0.322 e. The number of aromatic nitrogens is 5. The van der Waals surface area contributed by atoms with Gasteiger partial charge in [0.1, 0.15) is 17.7 Å². The highest BCUT2D eigenvalue weighted by molar-refractivity contribution is 5.96. The fraction of sp³-hybridized carbons (Fsp3) is 0.120. The van der Waals surface area contributed by atoms with Gasteiger partial charge in [0.15, 0.2) is 17.4 Å². The first kappa shape index (κ1) is 22.2. The minimum absolute atomic E-state index is 0.0247. The number of benzene rings is 2. The first-order valence-electron chi connectivity index (χ1n) is 10.7. The second-order valence-corrected chi connectivity index (χ2v) is 8.10. The number of hydrogen-bond donors (Lipinski definition) is 2. The van der Waals surface area contributed by atoms with Crippen molar-refractivity contribution in [3.63, 3.8) is 0 Å². The number of ether oxygens (including phenoxy) is 1. The largest absolute Gasteiger partial charge is 0.421 e. The van der Waals surface area contributed by atoms with Gasteiger partial charge >= 0.3 is 6.01 Å². The lowest BCUT2D eigenvalue weighted by Gasteiger charge is -2.15. The number of halogens is 2. The molecule has 0 unspecified atom stereocenters. The highest BCUT2D eigenvalue weighted by Gasteiger charge is 2.24. The van der Waals surface area contributed by atoms with Crippen molar-refractivity contribution in [2.45, 2.75) is 20.8 Å². The van der Waals surface area contributed by atoms with Crippen LogP contribution < -0.4 is 16.2 Å². The first-order valence-corrected chi connectivity index (χ1v) is 10.7. The van der Waals surface area contributed by atoms with E-state index in [9.17, 15) is 0 Å². The van der Waals surface area contributed by atoms with Gasteiger partial charge in [-0.2, -0.15) is 0 Å². The van der Waals surface area contributed by atoms with Crippen molar-refractivity contribution in [1.29, 1.82) is 0 Å². The zero-order valence-corrected chi connectivity index (χ0v) is 19.2. The van der Waals surface area contributed by atoms with Gasteiger partial charge in [0.05, 0.1) is 11.2 Å². The van der Waals surface area contributed by atoms with E-state index in [1.165, 1.54) is 24.7 Å². The lowest BCUT2D eigenvalue weighted by molar-refractivity contribution is 0.410. The molecule has 0 bridgehead atoms. The molecule has 5 rings (SSSR count). The highest BCUT2D eigenvalue weighted by atomic mass is 19.1. The van der Waals surface area contributed by atoms with E-state index in [0.717, 1.165) is 0 Å². The van der Waals surface area contributed by atoms with E-state index < -0.39 is 11.6 Å². The second-order valence-electron chi connectivity index (χ2n) is 8.10. The van der Waals surface area contributed by atoms with Crippen molar-refractivity contribution in [3.05, 3.63) is 77.4 Å². The molecule has 0 aliphatic carbocycles. The summed E-state index contributed by atoms with van der Waals surface area (Å²) in [5.74, 6) is -1.04. The van der Waals surface area contributed by atoms with Crippen LogP contribution in [0.3, 0.4) is 0 Å². The summed E-state index contributed by atoms with van der Waals surface area (Å²) in [5.41, 5.74) is 16.2. The van der Waals surface area contributed by atoms with Crippen molar-refractivity contribution in [2.24, 2.45) is 0 Å². The molecule has 2 aromatic carbocycles. The molecule has 0 fully saturated rings. The molecule has 0 atom stereocenters. The average molecular weight is 473 g/mol. The molecule has 4 N–H and O–H groups in total. The Bertz CT molecular complexity index is 1610. The molecule has 0 saturated carbocycles. The fourth-order valence-electron chi connectivity index (χ4n) is 4.03. The Morgan fingerprint density at radius 3 is 2.46 bits per heavy atom. The number of nitrogens with two attached hydrogens (primary N) is 2. The zero-order valence-electron chi connectivity index (χ0n) is 19.2. The van der Waals surface area contributed by atoms with Gasteiger partial charge in [-0.3, -0.25) is 0 Å². The maximum Gasteiger partial charge on any atom is 0.322 e. The van der Waals surface area contributed by atoms with Crippen molar-refractivity contribution >= 4 is 22.5 Å². The van der Waals surface area contributed by atoms with Crippen LogP contribution in [0.15, 0.2) is 48.9 Å². The Kier molecular flexibility index (Phi) is 5.28. The number of nitrogen functional groups attached to an aromatic ring is 2. The molecule has 3 heterocycles. The third-order valence-electron chi connectivity index (χ3n) is 5.84. The summed E-state index contributed by atoms with van der Waals surface area (Å²) >= 11 is 0. The van der Waals surface area contributed by atoms with E-state index >= 15 is 8.78 Å². The van der Waals surface area contributed by atoms with Crippen LogP contribution in [-0.2, 0) is 0 Å². The molecule has 0 aliphatic rings. The second kappa shape index (κ2) is 8.32. The van der Waals surface area contributed by atoms with Crippen LogP contribution in [0.1, 0.15) is 16.8 Å². The van der Waals surface area contributed by atoms with Crippen LogP contribution >= 0.6 is 0 Å². The summed E-state index contributed by atoms with van der Waals surface area (Å²) in [6.45, 7) is 5.18. The van der Waals surface area contributed by atoms with Crippen LogP contribution in [-0.4, -0.2) is 24.5 Å². The van der Waals surface area contributed by atoms with Gasteiger partial charge in [0.2, 0.25) is 0 Å². The average Bonchev–Trinajstić information content (AvgIpc) is 3.12. The quantitative estimate of drug-likeness (QED) is 0.351. The maximum atomic E-state index is 15.4. The minimum Gasteiger partial charge on any atom is -0.421 e. The Labute approximate surface area is 199 Å². The Morgan fingerprint density at radius 2 is 1.71 bits per heavy atom. The number of aryl methyl sites for hydroxylation is 2. The number of rotatable bonds is 4. The molecule has 0 spiro atoms. The monoisotopic (exact) mass is 473 g/mol. The Hall–Kier alpha value is -4.60. The summed E-state index contributed by atoms with van der Waals surface area (Å²) in [5, 5.41) is 0. The Balaban J connectivity index is 1.73. The summed E-state index contributed by atoms with van der Waals surface area (Å²) in [6.07, 6.45) is 2.86. The number of fused-ring (bicyclic) bond motifs is 1. The standard InChI is InChI=1S/C25H21F2N7O/c1-12-8-9-30-25(33-12)35-19-7-4-15(10-17(19)26)34-22(16-5-6-18(28)13(2)20(16)27)14(3)21-23(34)24(29)32-11-31-21/h4-11H,28H2,1-3H3,(H2,29,31,32). The van der Waals surface area contributed by atoms with E-state index in [1.807, 2.05) is 0 Å². The number of nitrogens with zero attached hydrogens (tertiary/aromatic N) is 5. The predicted octanol–water partition coefficient (Wildman–Crippen LogP) is 5.04. The molecule has 5 aromatic rings. The first-order chi connectivity index (χ1) is 16.8. The van der Waals surface area contributed by atoms with Gasteiger partial charge in [0.25, 0.3) is 0 Å². The summed E-state index contributed by atoms with van der Waals surface area (Å²) in [6, 6.07) is 9.29. The molecule has 0 aliphatic heterocycles. The lowest BCUT2D eigenvalue weighted by atomic mass is 10.0. The molecule has 176 valence electrons. The summed E-state index contributed by atoms with van der Waals surface area (Å²) in [7, 11) is 0. The molecule has 8 nitrogen and oxygen atoms in total. The van der Waals surface area contributed by atoms with Crippen molar-refractivity contribution in [3.8, 4) is 28.7 Å². The van der Waals surface area contributed by atoms with Crippen LogP contribution in [0.2, 0.25) is 0 Å². The molecule has 35 heavy (non-hydrogen) atoms. The molecule has 10 heteroatoms. The van der Waals surface area contributed by atoms with E-state index in [2.05, 4.69) is 19.9 Å². The van der Waals surface area contributed by atoms with Crippen LogP contribution in [0, 0.1) is 32.4 Å². The minimum atomic E-state index is -0.664. The van der Waals surface area contributed by atoms with Crippen molar-refractivity contribution < 1.29 is 13.5 Å². The van der Waals surface area contributed by atoms with Gasteiger partial charge < -0.3 is 20.8 Å². The van der Waals surface area contributed by atoms with Crippen molar-refractivity contribution in [2.75, 3.05) is 11.5 Å². The van der Waals surface area contributed by atoms with Gasteiger partial charge in [-0.25, -0.2) is 28.7 Å². The van der Waals surface area contributed by atoms with Gasteiger partial charge in [-0.15, -0.1) is 0 Å². The summed E-state index contributed by atoms with van der Waals surface area (Å²) < 4.78 is 37.8. The van der Waals surface area contributed by atoms with Gasteiger partial charge in [-0.05, 0) is 51.1 Å². The number of hydrogen-bond acceptors (Lipinski definition) is 7. The molecule has 0 amide bonds. The topological polar surface area (TPSA) is 118 Å². The van der Waals surface area contributed by atoms with Gasteiger partial charge in [-0.1, -0.05) is 0 Å². The molecular formula is C25H21F2N7O. The third-order valence-corrected chi connectivity index (χ3v) is 5.84.